The first kappa shape index (κ1) is 14.3. The van der Waals surface area contributed by atoms with Crippen molar-refractivity contribution in [2.45, 2.75) is 11.8 Å². The Bertz CT molecular complexity index is 462. The summed E-state index contributed by atoms with van der Waals surface area (Å²) < 4.78 is 29.6. The van der Waals surface area contributed by atoms with Crippen LogP contribution in [0.4, 0.5) is 0 Å². The van der Waals surface area contributed by atoms with Crippen LogP contribution in [-0.4, -0.2) is 18.9 Å². The Balaban J connectivity index is 0.000000385. The van der Waals surface area contributed by atoms with E-state index in [9.17, 15) is 13.2 Å². The topological polar surface area (TPSA) is 97.5 Å². The van der Waals surface area contributed by atoms with Crippen molar-refractivity contribution < 1.29 is 17.8 Å². The maximum absolute atomic E-state index is 10.5. The van der Waals surface area contributed by atoms with Gasteiger partial charge in [0.05, 0.1) is 4.90 Å². The number of amides is 1. The molecular formula is C10H13NO4S. The van der Waals surface area contributed by atoms with Gasteiger partial charge in [0.15, 0.2) is 0 Å². The second kappa shape index (κ2) is 6.04. The summed E-state index contributed by atoms with van der Waals surface area (Å²) in [5, 5.41) is 0. The van der Waals surface area contributed by atoms with Crippen LogP contribution >= 0.6 is 0 Å². The van der Waals surface area contributed by atoms with Gasteiger partial charge in [-0.15, -0.1) is 0 Å². The van der Waals surface area contributed by atoms with Gasteiger partial charge in [0.25, 0.3) is 10.1 Å². The quantitative estimate of drug-likeness (QED) is 0.595. The highest BCUT2D eigenvalue weighted by atomic mass is 32.2. The first-order chi connectivity index (χ1) is 7.27. The van der Waals surface area contributed by atoms with E-state index in [0.717, 1.165) is 11.6 Å². The van der Waals surface area contributed by atoms with Crippen molar-refractivity contribution in [3.63, 3.8) is 0 Å². The van der Waals surface area contributed by atoms with Crippen LogP contribution in [-0.2, 0) is 14.9 Å². The van der Waals surface area contributed by atoms with Crippen molar-refractivity contribution in [2.75, 3.05) is 0 Å². The zero-order valence-corrected chi connectivity index (χ0v) is 9.57. The van der Waals surface area contributed by atoms with Crippen molar-refractivity contribution in [1.29, 1.82) is 0 Å². The van der Waals surface area contributed by atoms with Gasteiger partial charge in [0.2, 0.25) is 5.91 Å². The second-order valence-corrected chi connectivity index (χ2v) is 4.32. The Kier molecular flexibility index (Phi) is 5.41. The molecule has 0 aliphatic rings. The maximum Gasteiger partial charge on any atom is 0.294 e. The van der Waals surface area contributed by atoms with Crippen molar-refractivity contribution in [3.05, 3.63) is 42.5 Å². The van der Waals surface area contributed by atoms with Crippen LogP contribution in [0.5, 0.6) is 0 Å². The lowest BCUT2D eigenvalue weighted by Crippen LogP contribution is -2.04. The van der Waals surface area contributed by atoms with E-state index in [1.165, 1.54) is 12.1 Å². The molecule has 1 amide bonds. The van der Waals surface area contributed by atoms with Gasteiger partial charge in [0.1, 0.15) is 0 Å². The molecule has 0 aliphatic carbocycles. The molecule has 0 radical (unpaired) electrons. The first-order valence-corrected chi connectivity index (χ1v) is 5.67. The molecule has 0 aliphatic heterocycles. The van der Waals surface area contributed by atoms with Crippen LogP contribution in [0.15, 0.2) is 41.8 Å². The van der Waals surface area contributed by atoms with E-state index < -0.39 is 16.0 Å². The molecule has 0 spiro atoms. The summed E-state index contributed by atoms with van der Waals surface area (Å²) in [7, 11) is -4.02. The summed E-state index contributed by atoms with van der Waals surface area (Å²) in [4.78, 5) is 9.41. The van der Waals surface area contributed by atoms with Crippen LogP contribution in [0.3, 0.4) is 0 Å². The van der Waals surface area contributed by atoms with E-state index in [1.54, 1.807) is 12.1 Å². The van der Waals surface area contributed by atoms with E-state index in [4.69, 9.17) is 4.55 Å². The van der Waals surface area contributed by atoms with Gasteiger partial charge in [-0.25, -0.2) is 0 Å². The number of aryl methyl sites for hydroxylation is 1. The molecule has 5 nitrogen and oxygen atoms in total. The molecule has 3 N–H and O–H groups in total. The van der Waals surface area contributed by atoms with Gasteiger partial charge in [-0.2, -0.15) is 8.42 Å². The Labute approximate surface area is 94.3 Å². The van der Waals surface area contributed by atoms with Crippen LogP contribution in [0.1, 0.15) is 5.56 Å². The minimum Gasteiger partial charge on any atom is -0.366 e. The number of carbonyl (C=O) groups excluding carboxylic acids is 1. The highest BCUT2D eigenvalue weighted by Gasteiger charge is 2.06. The van der Waals surface area contributed by atoms with Crippen LogP contribution in [0.2, 0.25) is 0 Å². The molecule has 16 heavy (non-hydrogen) atoms. The molecule has 1 aromatic carbocycles. The first-order valence-electron chi connectivity index (χ1n) is 4.23. The fraction of sp³-hybridized carbons (Fsp3) is 0.100. The molecule has 0 fully saturated rings. The fourth-order valence-electron chi connectivity index (χ4n) is 0.710. The lowest BCUT2D eigenvalue weighted by atomic mass is 10.2. The molecule has 6 heteroatoms. The molecule has 1 aromatic rings. The number of hydrogen-bond acceptors (Lipinski definition) is 3. The largest absolute Gasteiger partial charge is 0.366 e. The number of carbonyl (C=O) groups is 1. The Hall–Kier alpha value is -1.66. The van der Waals surface area contributed by atoms with Gasteiger partial charge >= 0.3 is 0 Å². The van der Waals surface area contributed by atoms with E-state index in [1.807, 2.05) is 6.92 Å². The average Bonchev–Trinajstić information content (AvgIpc) is 2.18. The Morgan fingerprint density at radius 2 is 1.75 bits per heavy atom. The fourth-order valence-corrected chi connectivity index (χ4v) is 1.19. The van der Waals surface area contributed by atoms with Gasteiger partial charge in [0, 0.05) is 0 Å². The minimum atomic E-state index is -4.02. The highest BCUT2D eigenvalue weighted by Crippen LogP contribution is 2.08. The number of rotatable bonds is 2. The predicted molar refractivity (Wildman–Crippen MR) is 60.4 cm³/mol. The monoisotopic (exact) mass is 243 g/mol. The third kappa shape index (κ3) is 5.94. The summed E-state index contributed by atoms with van der Waals surface area (Å²) in [5.74, 6) is -0.481. The summed E-state index contributed by atoms with van der Waals surface area (Å²) in [6.45, 7) is 4.93. The van der Waals surface area contributed by atoms with E-state index >= 15 is 0 Å². The zero-order valence-electron chi connectivity index (χ0n) is 8.75. The van der Waals surface area contributed by atoms with Gasteiger partial charge in [-0.05, 0) is 25.1 Å². The van der Waals surface area contributed by atoms with Crippen LogP contribution in [0, 0.1) is 6.92 Å². The summed E-state index contributed by atoms with van der Waals surface area (Å²) in [6, 6.07) is 5.99. The summed E-state index contributed by atoms with van der Waals surface area (Å²) >= 11 is 0. The summed E-state index contributed by atoms with van der Waals surface area (Å²) in [6.07, 6.45) is 1.06. The molecule has 0 bridgehead atoms. The number of hydrogen-bond donors (Lipinski definition) is 2. The van der Waals surface area contributed by atoms with Crippen molar-refractivity contribution in [3.8, 4) is 0 Å². The molecule has 0 saturated carbocycles. The molecule has 1 rings (SSSR count). The zero-order chi connectivity index (χ0) is 12.8. The normalized spacial score (nSPS) is 9.88. The van der Waals surface area contributed by atoms with Crippen molar-refractivity contribution in [2.24, 2.45) is 5.73 Å². The lowest BCUT2D eigenvalue weighted by Gasteiger charge is -1.95. The van der Waals surface area contributed by atoms with E-state index in [0.29, 0.717) is 0 Å². The maximum atomic E-state index is 10.5. The highest BCUT2D eigenvalue weighted by molar-refractivity contribution is 7.85. The molecular weight excluding hydrogens is 230 g/mol. The minimum absolute atomic E-state index is 0.0666. The van der Waals surface area contributed by atoms with Gasteiger partial charge in [-0.3, -0.25) is 9.35 Å². The SMILES string of the molecule is C=CC(N)=O.Cc1ccc(S(=O)(=O)O)cc1. The molecule has 88 valence electrons. The third-order valence-corrected chi connectivity index (χ3v) is 2.39. The Morgan fingerprint density at radius 3 is 2.00 bits per heavy atom. The molecule has 0 unspecified atom stereocenters. The number of primary amides is 1. The third-order valence-electron chi connectivity index (χ3n) is 1.52. The average molecular weight is 243 g/mol. The van der Waals surface area contributed by atoms with Crippen LogP contribution in [0.25, 0.3) is 0 Å². The molecule has 0 saturated heterocycles. The van der Waals surface area contributed by atoms with Crippen molar-refractivity contribution >= 4 is 16.0 Å². The van der Waals surface area contributed by atoms with Gasteiger partial charge < -0.3 is 5.73 Å². The molecule has 0 heterocycles. The predicted octanol–water partition coefficient (Wildman–Crippen LogP) is 0.899. The van der Waals surface area contributed by atoms with Gasteiger partial charge in [-0.1, -0.05) is 24.3 Å². The molecule has 0 aromatic heterocycles. The molecule has 0 atom stereocenters. The standard InChI is InChI=1S/C7H8O3S.C3H5NO/c1-6-2-4-7(5-3-6)11(8,9)10;1-2-3(4)5/h2-5H,1H3,(H,8,9,10);2H,1H2,(H2,4,5). The Morgan fingerprint density at radius 1 is 1.38 bits per heavy atom. The number of benzene rings is 1. The lowest BCUT2D eigenvalue weighted by molar-refractivity contribution is -0.113. The van der Waals surface area contributed by atoms with E-state index in [-0.39, 0.29) is 4.90 Å². The van der Waals surface area contributed by atoms with Crippen LogP contribution < -0.4 is 5.73 Å². The van der Waals surface area contributed by atoms with Crippen molar-refractivity contribution in [1.82, 2.24) is 0 Å². The smallest absolute Gasteiger partial charge is 0.294 e. The van der Waals surface area contributed by atoms with E-state index in [2.05, 4.69) is 12.3 Å². The summed E-state index contributed by atoms with van der Waals surface area (Å²) in [5.41, 5.74) is 5.49. The number of nitrogens with two attached hydrogens (primary N) is 1. The second-order valence-electron chi connectivity index (χ2n) is 2.89.